The van der Waals surface area contributed by atoms with E-state index in [4.69, 9.17) is 9.47 Å². The van der Waals surface area contributed by atoms with Crippen LogP contribution in [0.4, 0.5) is 0 Å². The van der Waals surface area contributed by atoms with E-state index in [-0.39, 0.29) is 16.2 Å². The molecule has 26 heavy (non-hydrogen) atoms. The van der Waals surface area contributed by atoms with Gasteiger partial charge in [0.2, 0.25) is 0 Å². The minimum Gasteiger partial charge on any atom is -0.497 e. The Kier molecular flexibility index (Phi) is 3.78. The molecule has 1 aromatic rings. The van der Waals surface area contributed by atoms with Crippen LogP contribution in [0.2, 0.25) is 0 Å². The van der Waals surface area contributed by atoms with Crippen LogP contribution in [0.1, 0.15) is 64.5 Å². The number of benzene rings is 1. The van der Waals surface area contributed by atoms with Gasteiger partial charge in [-0.15, -0.1) is 0 Å². The minimum atomic E-state index is -0.203. The quantitative estimate of drug-likeness (QED) is 0.753. The predicted octanol–water partition coefficient (Wildman–Crippen LogP) is 4.94. The lowest BCUT2D eigenvalue weighted by Crippen LogP contribution is -2.57. The van der Waals surface area contributed by atoms with E-state index in [1.807, 2.05) is 6.07 Å². The number of hydrogen-bond donors (Lipinski definition) is 0. The van der Waals surface area contributed by atoms with Gasteiger partial charge in [0.1, 0.15) is 17.3 Å². The fourth-order valence-electron chi connectivity index (χ4n) is 7.06. The van der Waals surface area contributed by atoms with E-state index in [0.717, 1.165) is 43.6 Å². The molecule has 0 saturated heterocycles. The minimum absolute atomic E-state index is 0.120. The van der Waals surface area contributed by atoms with E-state index in [1.54, 1.807) is 14.2 Å². The summed E-state index contributed by atoms with van der Waals surface area (Å²) < 4.78 is 11.3. The average Bonchev–Trinajstić information content (AvgIpc) is 2.92. The van der Waals surface area contributed by atoms with Gasteiger partial charge in [-0.1, -0.05) is 27.7 Å². The normalized spacial score (nSPS) is 37.5. The lowest BCUT2D eigenvalue weighted by atomic mass is 9.43. The first kappa shape index (κ1) is 17.9. The molecule has 0 spiro atoms. The topological polar surface area (TPSA) is 35.5 Å². The Hall–Kier alpha value is -1.51. The molecule has 0 N–H and O–H groups in total. The van der Waals surface area contributed by atoms with Crippen LogP contribution in [-0.2, 0) is 16.6 Å². The van der Waals surface area contributed by atoms with E-state index < -0.39 is 0 Å². The molecular formula is C23H32O3. The summed E-state index contributed by atoms with van der Waals surface area (Å²) in [7, 11) is 3.49. The first-order valence-corrected chi connectivity index (χ1v) is 9.97. The number of ether oxygens (including phenoxy) is 2. The lowest BCUT2D eigenvalue weighted by molar-refractivity contribution is -0.151. The lowest BCUT2D eigenvalue weighted by Gasteiger charge is -2.60. The van der Waals surface area contributed by atoms with Crippen molar-refractivity contribution in [1.29, 1.82) is 0 Å². The predicted molar refractivity (Wildman–Crippen MR) is 103 cm³/mol. The summed E-state index contributed by atoms with van der Waals surface area (Å²) in [5.74, 6) is 3.33. The van der Waals surface area contributed by atoms with Crippen LogP contribution >= 0.6 is 0 Å². The molecule has 0 aromatic heterocycles. The summed E-state index contributed by atoms with van der Waals surface area (Å²) in [6.45, 7) is 9.27. The SMILES string of the molecule is COc1cc2c(c(OC)c1)C1(C)CCC3C(C)(C)C(=O)CCC3(C)C1C2. The van der Waals surface area contributed by atoms with Crippen molar-refractivity contribution in [1.82, 2.24) is 0 Å². The molecule has 0 aliphatic heterocycles. The number of carbonyl (C=O) groups excluding carboxylic acids is 1. The third-order valence-electron chi connectivity index (χ3n) is 8.40. The van der Waals surface area contributed by atoms with Crippen molar-refractivity contribution in [3.8, 4) is 11.5 Å². The number of ketones is 1. The van der Waals surface area contributed by atoms with Gasteiger partial charge in [-0.25, -0.2) is 0 Å². The van der Waals surface area contributed by atoms with Gasteiger partial charge in [-0.3, -0.25) is 4.79 Å². The fourth-order valence-corrected chi connectivity index (χ4v) is 7.06. The second-order valence-electron chi connectivity index (χ2n) is 9.78. The number of carbonyl (C=O) groups is 1. The van der Waals surface area contributed by atoms with Crippen LogP contribution in [0, 0.1) is 22.7 Å². The molecular weight excluding hydrogens is 324 g/mol. The zero-order chi connectivity index (χ0) is 18.9. The van der Waals surface area contributed by atoms with E-state index in [9.17, 15) is 4.79 Å². The highest BCUT2D eigenvalue weighted by Crippen LogP contribution is 2.68. The Labute approximate surface area is 157 Å². The van der Waals surface area contributed by atoms with Gasteiger partial charge in [0, 0.05) is 28.9 Å². The standard InChI is InChI=1S/C23H32O3/c1-21(2)17-7-9-23(4)18(22(17,3)10-8-19(21)24)12-14-11-15(25-5)13-16(26-6)20(14)23/h11,13,17-18H,7-10,12H2,1-6H3. The molecule has 0 bridgehead atoms. The zero-order valence-corrected chi connectivity index (χ0v) is 17.1. The number of hydrogen-bond acceptors (Lipinski definition) is 3. The summed E-state index contributed by atoms with van der Waals surface area (Å²) in [6, 6.07) is 4.24. The van der Waals surface area contributed by atoms with Gasteiger partial charge >= 0.3 is 0 Å². The molecule has 3 aliphatic rings. The molecule has 1 aromatic carbocycles. The first-order chi connectivity index (χ1) is 12.2. The summed E-state index contributed by atoms with van der Waals surface area (Å²) in [4.78, 5) is 12.7. The number of methoxy groups -OCH3 is 2. The van der Waals surface area contributed by atoms with E-state index in [0.29, 0.717) is 17.6 Å². The van der Waals surface area contributed by atoms with Gasteiger partial charge in [0.15, 0.2) is 0 Å². The van der Waals surface area contributed by atoms with Crippen molar-refractivity contribution in [3.63, 3.8) is 0 Å². The highest BCUT2D eigenvalue weighted by atomic mass is 16.5. The van der Waals surface area contributed by atoms with Crippen LogP contribution in [0.15, 0.2) is 12.1 Å². The van der Waals surface area contributed by atoms with Gasteiger partial charge in [-0.2, -0.15) is 0 Å². The van der Waals surface area contributed by atoms with E-state index >= 15 is 0 Å². The average molecular weight is 357 g/mol. The molecule has 3 aliphatic carbocycles. The van der Waals surface area contributed by atoms with Crippen LogP contribution in [0.5, 0.6) is 11.5 Å². The highest BCUT2D eigenvalue weighted by molar-refractivity contribution is 5.85. The molecule has 142 valence electrons. The molecule has 0 radical (unpaired) electrons. The number of rotatable bonds is 2. The second-order valence-corrected chi connectivity index (χ2v) is 9.78. The number of fused-ring (bicyclic) bond motifs is 5. The van der Waals surface area contributed by atoms with Gasteiger partial charge in [0.05, 0.1) is 14.2 Å². The van der Waals surface area contributed by atoms with E-state index in [1.165, 1.54) is 11.1 Å². The maximum Gasteiger partial charge on any atom is 0.138 e. The smallest absolute Gasteiger partial charge is 0.138 e. The molecule has 0 heterocycles. The Morgan fingerprint density at radius 1 is 1.00 bits per heavy atom. The van der Waals surface area contributed by atoms with Crippen molar-refractivity contribution in [2.24, 2.45) is 22.7 Å². The van der Waals surface area contributed by atoms with Crippen molar-refractivity contribution in [3.05, 3.63) is 23.3 Å². The summed E-state index contributed by atoms with van der Waals surface area (Å²) in [5, 5.41) is 0. The Bertz CT molecular complexity index is 765. The molecule has 3 nitrogen and oxygen atoms in total. The summed E-state index contributed by atoms with van der Waals surface area (Å²) >= 11 is 0. The van der Waals surface area contributed by atoms with Gasteiger partial charge in [-0.05, 0) is 54.6 Å². The molecule has 4 unspecified atom stereocenters. The maximum atomic E-state index is 12.7. The fraction of sp³-hybridized carbons (Fsp3) is 0.696. The van der Waals surface area contributed by atoms with Crippen LogP contribution in [-0.4, -0.2) is 20.0 Å². The maximum absolute atomic E-state index is 12.7. The molecule has 3 heteroatoms. The van der Waals surface area contributed by atoms with Crippen molar-refractivity contribution < 1.29 is 14.3 Å². The first-order valence-electron chi connectivity index (χ1n) is 9.97. The summed E-state index contributed by atoms with van der Waals surface area (Å²) in [6.07, 6.45) is 5.06. The monoisotopic (exact) mass is 356 g/mol. The van der Waals surface area contributed by atoms with Crippen LogP contribution in [0.25, 0.3) is 0 Å². The highest BCUT2D eigenvalue weighted by Gasteiger charge is 2.63. The molecule has 0 amide bonds. The molecule has 4 atom stereocenters. The van der Waals surface area contributed by atoms with Crippen molar-refractivity contribution in [2.45, 2.75) is 65.2 Å². The van der Waals surface area contributed by atoms with Crippen LogP contribution < -0.4 is 9.47 Å². The Morgan fingerprint density at radius 3 is 2.38 bits per heavy atom. The Balaban J connectivity index is 1.84. The third-order valence-corrected chi connectivity index (χ3v) is 8.40. The van der Waals surface area contributed by atoms with Crippen molar-refractivity contribution >= 4 is 5.78 Å². The zero-order valence-electron chi connectivity index (χ0n) is 17.1. The number of Topliss-reactive ketones (excluding diaryl/α,β-unsaturated/α-hetero) is 1. The summed E-state index contributed by atoms with van der Waals surface area (Å²) in [5.41, 5.74) is 2.88. The van der Waals surface area contributed by atoms with E-state index in [2.05, 4.69) is 33.8 Å². The van der Waals surface area contributed by atoms with Gasteiger partial charge < -0.3 is 9.47 Å². The van der Waals surface area contributed by atoms with Gasteiger partial charge in [0.25, 0.3) is 0 Å². The largest absolute Gasteiger partial charge is 0.497 e. The van der Waals surface area contributed by atoms with Crippen LogP contribution in [0.3, 0.4) is 0 Å². The Morgan fingerprint density at radius 2 is 1.73 bits per heavy atom. The van der Waals surface area contributed by atoms with Crippen molar-refractivity contribution in [2.75, 3.05) is 14.2 Å². The molecule has 2 saturated carbocycles. The molecule has 2 fully saturated rings. The third kappa shape index (κ3) is 2.09. The second kappa shape index (κ2) is 5.50. The molecule has 4 rings (SSSR count).